The van der Waals surface area contributed by atoms with Gasteiger partial charge in [-0.1, -0.05) is 84.5 Å². The normalized spacial score (nSPS) is 14.2. The van der Waals surface area contributed by atoms with Crippen LogP contribution in [-0.4, -0.2) is 47.4 Å². The third-order valence-corrected chi connectivity index (χ3v) is 12.4. The van der Waals surface area contributed by atoms with E-state index in [-0.39, 0.29) is 37.0 Å². The van der Waals surface area contributed by atoms with Crippen LogP contribution in [0.25, 0.3) is 0 Å². The number of unbranched alkanes of at least 4 members (excludes halogenated alkanes) is 2. The number of nitrogens with one attached hydrogen (secondary N) is 1. The average molecular weight is 686 g/mol. The molecule has 0 saturated carbocycles. The molecular weight excluding hydrogens is 640 g/mol. The first kappa shape index (κ1) is 37.9. The lowest BCUT2D eigenvalue weighted by atomic mass is 10.0. The van der Waals surface area contributed by atoms with Crippen LogP contribution in [0.5, 0.6) is 0 Å². The van der Waals surface area contributed by atoms with Gasteiger partial charge in [-0.3, -0.25) is 14.4 Å². The number of carbonyl (C=O) groups excluding carboxylic acids is 3. The predicted molar refractivity (Wildman–Crippen MR) is 188 cm³/mol. The number of carbonyl (C=O) groups is 3. The van der Waals surface area contributed by atoms with Crippen molar-refractivity contribution >= 4 is 52.5 Å². The van der Waals surface area contributed by atoms with Crippen LogP contribution in [0, 0.1) is 11.8 Å². The fraction of sp³-hybridized carbons (Fsp3) is 0.514. The van der Waals surface area contributed by atoms with Crippen molar-refractivity contribution in [3.8, 4) is 11.8 Å². The quantitative estimate of drug-likeness (QED) is 0.0695. The monoisotopic (exact) mass is 685 g/mol. The van der Waals surface area contributed by atoms with Gasteiger partial charge in [0.2, 0.25) is 11.8 Å². The average Bonchev–Trinajstić information content (AvgIpc) is 3.03. The maximum Gasteiger partial charge on any atom is 0.227 e. The number of rotatable bonds is 20. The van der Waals surface area contributed by atoms with Crippen molar-refractivity contribution < 1.29 is 28.4 Å². The second-order valence-electron chi connectivity index (χ2n) is 11.7. The number of ketones is 1. The molecule has 8 nitrogen and oxygen atoms in total. The molecule has 1 heterocycles. The SMILES string of the molecule is CC(CCC(=O)NCCCCCOP(=O)([O-])C(C)C)SSCCCC(=O)CCC(=O)N1Cc2ccccc2C#Cc2ccccc21. The standard InChI is InChI=1S/C35H47N2O6PS2/c1-27(2)44(41,42)43-24-10-4-9-23-36-34(39)21-17-28(3)46-45-25-11-15-32(38)20-22-35(40)37-26-31-14-6-5-12-29(31)18-19-30-13-7-8-16-33(30)37/h5-8,12-14,16,27-28H,4,9-11,15,17,20-26H2,1-3H3,(H,36,39)(H,41,42)/p-1. The maximum absolute atomic E-state index is 13.3. The van der Waals surface area contributed by atoms with E-state index in [0.29, 0.717) is 37.6 Å². The Morgan fingerprint density at radius 3 is 2.43 bits per heavy atom. The van der Waals surface area contributed by atoms with Gasteiger partial charge in [0.1, 0.15) is 13.4 Å². The highest BCUT2D eigenvalue weighted by Gasteiger charge is 2.22. The Hall–Kier alpha value is -2.54. The summed E-state index contributed by atoms with van der Waals surface area (Å²) in [6.45, 7) is 6.49. The molecule has 2 unspecified atom stereocenters. The highest BCUT2D eigenvalue weighted by Crippen LogP contribution is 2.42. The van der Waals surface area contributed by atoms with Gasteiger partial charge in [0.15, 0.2) is 0 Å². The third-order valence-electron chi connectivity index (χ3n) is 7.53. The van der Waals surface area contributed by atoms with Crippen LogP contribution in [-0.2, 0) is 30.0 Å². The molecule has 250 valence electrons. The van der Waals surface area contributed by atoms with Gasteiger partial charge in [-0.05, 0) is 55.9 Å². The number of Topliss-reactive ketones (excluding diaryl/α,β-unsaturated/α-hetero) is 1. The number of para-hydroxylation sites is 1. The Labute approximate surface area is 282 Å². The maximum atomic E-state index is 13.3. The molecule has 3 rings (SSSR count). The van der Waals surface area contributed by atoms with Gasteiger partial charge in [-0.15, -0.1) is 0 Å². The van der Waals surface area contributed by atoms with Crippen LogP contribution in [0.4, 0.5) is 5.69 Å². The molecule has 2 amide bonds. The van der Waals surface area contributed by atoms with Gasteiger partial charge in [0.25, 0.3) is 0 Å². The van der Waals surface area contributed by atoms with Gasteiger partial charge in [-0.25, -0.2) is 0 Å². The molecular formula is C35H46N2O6PS2-. The summed E-state index contributed by atoms with van der Waals surface area (Å²) in [5, 5.41) is 3.23. The Bertz CT molecular complexity index is 1420. The van der Waals surface area contributed by atoms with Gasteiger partial charge >= 0.3 is 0 Å². The van der Waals surface area contributed by atoms with Crippen molar-refractivity contribution in [3.63, 3.8) is 0 Å². The molecule has 0 bridgehead atoms. The minimum Gasteiger partial charge on any atom is -0.778 e. The molecule has 2 aromatic rings. The van der Waals surface area contributed by atoms with E-state index in [4.69, 9.17) is 4.52 Å². The lowest BCUT2D eigenvalue weighted by Crippen LogP contribution is -2.32. The molecule has 0 aliphatic carbocycles. The Morgan fingerprint density at radius 1 is 0.935 bits per heavy atom. The van der Waals surface area contributed by atoms with Crippen LogP contribution in [0.1, 0.15) is 95.2 Å². The molecule has 2 atom stereocenters. The Balaban J connectivity index is 1.25. The summed E-state index contributed by atoms with van der Waals surface area (Å²) >= 11 is 0. The van der Waals surface area contributed by atoms with E-state index in [1.807, 2.05) is 48.5 Å². The Kier molecular flexibility index (Phi) is 16.5. The van der Waals surface area contributed by atoms with Gasteiger partial charge < -0.3 is 24.2 Å². The van der Waals surface area contributed by atoms with E-state index in [1.165, 1.54) is 0 Å². The number of amides is 2. The molecule has 0 aromatic heterocycles. The summed E-state index contributed by atoms with van der Waals surface area (Å²) in [5.74, 6) is 7.30. The predicted octanol–water partition coefficient (Wildman–Crippen LogP) is 6.88. The van der Waals surface area contributed by atoms with Crippen molar-refractivity contribution in [2.75, 3.05) is 23.8 Å². The van der Waals surface area contributed by atoms with Crippen LogP contribution >= 0.6 is 29.2 Å². The van der Waals surface area contributed by atoms with Crippen LogP contribution in [0.3, 0.4) is 0 Å². The fourth-order valence-corrected chi connectivity index (χ4v) is 7.76. The van der Waals surface area contributed by atoms with Gasteiger partial charge in [-0.2, -0.15) is 0 Å². The molecule has 1 N–H and O–H groups in total. The van der Waals surface area contributed by atoms with Crippen molar-refractivity contribution in [2.24, 2.45) is 0 Å². The lowest BCUT2D eigenvalue weighted by Gasteiger charge is -2.26. The first-order valence-corrected chi connectivity index (χ1v) is 20.1. The lowest BCUT2D eigenvalue weighted by molar-refractivity contribution is -0.200. The van der Waals surface area contributed by atoms with Crippen LogP contribution < -0.4 is 15.1 Å². The Morgan fingerprint density at radius 2 is 1.65 bits per heavy atom. The fourth-order valence-electron chi connectivity index (χ4n) is 4.65. The molecule has 1 aliphatic heterocycles. The second kappa shape index (κ2) is 20.0. The number of benzene rings is 2. The van der Waals surface area contributed by atoms with E-state index >= 15 is 0 Å². The summed E-state index contributed by atoms with van der Waals surface area (Å²) in [5.41, 5.74) is 2.97. The molecule has 0 saturated heterocycles. The van der Waals surface area contributed by atoms with Crippen molar-refractivity contribution in [1.29, 1.82) is 0 Å². The molecule has 0 fully saturated rings. The number of hydrogen-bond donors (Lipinski definition) is 1. The minimum atomic E-state index is -3.75. The number of fused-ring (bicyclic) bond motifs is 2. The molecule has 0 radical (unpaired) electrons. The van der Waals surface area contributed by atoms with Crippen LogP contribution in [0.2, 0.25) is 0 Å². The zero-order valence-corrected chi connectivity index (χ0v) is 29.7. The summed E-state index contributed by atoms with van der Waals surface area (Å²) in [7, 11) is -0.308. The number of nitrogens with zero attached hydrogens (tertiary/aromatic N) is 1. The topological polar surface area (TPSA) is 116 Å². The van der Waals surface area contributed by atoms with E-state index in [2.05, 4.69) is 24.1 Å². The first-order chi connectivity index (χ1) is 22.1. The van der Waals surface area contributed by atoms with E-state index in [0.717, 1.165) is 53.8 Å². The summed E-state index contributed by atoms with van der Waals surface area (Å²) in [6, 6.07) is 15.5. The number of hydrogen-bond acceptors (Lipinski definition) is 8. The largest absolute Gasteiger partial charge is 0.778 e. The van der Waals surface area contributed by atoms with Crippen molar-refractivity contribution in [1.82, 2.24) is 5.32 Å². The minimum absolute atomic E-state index is 0.0223. The highest BCUT2D eigenvalue weighted by molar-refractivity contribution is 8.76. The zero-order chi connectivity index (χ0) is 33.4. The molecule has 2 aromatic carbocycles. The van der Waals surface area contributed by atoms with Gasteiger partial charge in [0, 0.05) is 60.0 Å². The molecule has 11 heteroatoms. The zero-order valence-electron chi connectivity index (χ0n) is 27.1. The van der Waals surface area contributed by atoms with Gasteiger partial charge in [0.05, 0.1) is 18.8 Å². The number of anilines is 1. The second-order valence-corrected chi connectivity index (χ2v) is 17.0. The highest BCUT2D eigenvalue weighted by atomic mass is 33.1. The molecule has 46 heavy (non-hydrogen) atoms. The van der Waals surface area contributed by atoms with Crippen molar-refractivity contribution in [3.05, 3.63) is 65.2 Å². The summed E-state index contributed by atoms with van der Waals surface area (Å²) in [6.07, 6.45) is 5.02. The molecule has 0 spiro atoms. The first-order valence-electron chi connectivity index (χ1n) is 16.1. The molecule has 1 aliphatic rings. The third kappa shape index (κ3) is 13.3. The van der Waals surface area contributed by atoms with Crippen LogP contribution in [0.15, 0.2) is 48.5 Å². The van der Waals surface area contributed by atoms with Crippen molar-refractivity contribution in [2.45, 2.75) is 96.0 Å². The van der Waals surface area contributed by atoms with E-state index < -0.39 is 13.3 Å². The van der Waals surface area contributed by atoms with E-state index in [1.54, 1.807) is 40.3 Å². The van der Waals surface area contributed by atoms with E-state index in [9.17, 15) is 23.8 Å². The summed E-state index contributed by atoms with van der Waals surface area (Å²) < 4.78 is 16.6. The summed E-state index contributed by atoms with van der Waals surface area (Å²) in [4.78, 5) is 51.5. The smallest absolute Gasteiger partial charge is 0.227 e.